The Bertz CT molecular complexity index is 679. The first kappa shape index (κ1) is 33.5. The van der Waals surface area contributed by atoms with Crippen molar-refractivity contribution in [2.24, 2.45) is 4.99 Å². The van der Waals surface area contributed by atoms with Crippen LogP contribution in [0.25, 0.3) is 0 Å². The molecule has 0 atom stereocenters. The fourth-order valence-electron chi connectivity index (χ4n) is 1.67. The van der Waals surface area contributed by atoms with Crippen LogP contribution in [0.15, 0.2) is 89.1 Å². The standard InChI is InChI=1S/C13H18O.C7H7N.C5H10.C2H6.CH3Br/c1-4-11(2)12(3)14-10-13-8-6-5-7-9-13;1-8-7-5-3-2-4-6-7;1-4-5(2)3;2*1-2/h5-9H,4,10H2,1-3H3;2-6H,1H2;2,4H2,1,3H3;1-2H3;1H3/b12-11+;;;;. The summed E-state index contributed by atoms with van der Waals surface area (Å²) in [5.41, 5.74) is 4.72. The van der Waals surface area contributed by atoms with E-state index >= 15 is 0 Å². The molecule has 0 radical (unpaired) electrons. The zero-order valence-corrected chi connectivity index (χ0v) is 22.6. The van der Waals surface area contributed by atoms with E-state index in [0.29, 0.717) is 6.61 Å². The molecule has 0 saturated carbocycles. The minimum absolute atomic E-state index is 0.671. The topological polar surface area (TPSA) is 21.6 Å². The van der Waals surface area contributed by atoms with Gasteiger partial charge >= 0.3 is 0 Å². The summed E-state index contributed by atoms with van der Waals surface area (Å²) in [7, 11) is 0. The lowest BCUT2D eigenvalue weighted by Gasteiger charge is -2.09. The van der Waals surface area contributed by atoms with Crippen LogP contribution in [0, 0.1) is 0 Å². The van der Waals surface area contributed by atoms with Crippen molar-refractivity contribution in [1.82, 2.24) is 0 Å². The lowest BCUT2D eigenvalue weighted by molar-refractivity contribution is 0.196. The van der Waals surface area contributed by atoms with Gasteiger partial charge in [-0.15, -0.1) is 6.58 Å². The highest BCUT2D eigenvalue weighted by atomic mass is 79.9. The van der Waals surface area contributed by atoms with Crippen LogP contribution in [-0.2, 0) is 11.3 Å². The van der Waals surface area contributed by atoms with E-state index in [-0.39, 0.29) is 0 Å². The molecular weight excluding hydrogens is 446 g/mol. The first-order valence-corrected chi connectivity index (χ1v) is 12.4. The average molecular weight is 491 g/mol. The Hall–Kier alpha value is -2.13. The SMILES string of the molecule is C=C(C)CC.C=Nc1ccccc1.CBr.CC.CC/C(C)=C(\C)OCc1ccccc1. The molecule has 2 rings (SSSR count). The average Bonchev–Trinajstić information content (AvgIpc) is 2.86. The number of benzene rings is 2. The number of halogens is 1. The number of rotatable bonds is 6. The molecule has 0 saturated heterocycles. The quantitative estimate of drug-likeness (QED) is 0.171. The molecule has 0 aliphatic carbocycles. The first-order valence-electron chi connectivity index (χ1n) is 10.8. The second-order valence-corrected chi connectivity index (χ2v) is 6.27. The molecule has 0 heterocycles. The maximum atomic E-state index is 5.66. The van der Waals surface area contributed by atoms with E-state index < -0.39 is 0 Å². The van der Waals surface area contributed by atoms with E-state index in [1.54, 1.807) is 0 Å². The molecular formula is C28H44BrNO. The second-order valence-electron chi connectivity index (χ2n) is 6.27. The van der Waals surface area contributed by atoms with Crippen LogP contribution in [0.2, 0.25) is 0 Å². The lowest BCUT2D eigenvalue weighted by Crippen LogP contribution is -1.93. The molecule has 2 aromatic carbocycles. The van der Waals surface area contributed by atoms with Crippen LogP contribution in [-0.4, -0.2) is 12.6 Å². The molecule has 31 heavy (non-hydrogen) atoms. The van der Waals surface area contributed by atoms with Crippen LogP contribution < -0.4 is 0 Å². The molecule has 0 spiro atoms. The van der Waals surface area contributed by atoms with Gasteiger partial charge in [-0.3, -0.25) is 4.99 Å². The fourth-order valence-corrected chi connectivity index (χ4v) is 1.67. The molecule has 0 N–H and O–H groups in total. The van der Waals surface area contributed by atoms with E-state index in [2.05, 4.69) is 67.1 Å². The van der Waals surface area contributed by atoms with Gasteiger partial charge in [-0.1, -0.05) is 97.7 Å². The Morgan fingerprint density at radius 3 is 1.58 bits per heavy atom. The molecule has 0 aromatic heterocycles. The normalized spacial score (nSPS) is 9.32. The Morgan fingerprint density at radius 1 is 0.839 bits per heavy atom. The highest BCUT2D eigenvalue weighted by Gasteiger charge is 1.96. The van der Waals surface area contributed by atoms with Gasteiger partial charge in [0.15, 0.2) is 0 Å². The summed E-state index contributed by atoms with van der Waals surface area (Å²) in [5.74, 6) is 2.86. The van der Waals surface area contributed by atoms with E-state index in [0.717, 1.165) is 24.3 Å². The zero-order chi connectivity index (χ0) is 24.5. The third-order valence-electron chi connectivity index (χ3n) is 3.97. The van der Waals surface area contributed by atoms with Crippen molar-refractivity contribution in [3.05, 3.63) is 89.7 Å². The molecule has 174 valence electrons. The van der Waals surface area contributed by atoms with Gasteiger partial charge < -0.3 is 4.74 Å². The number of hydrogen-bond acceptors (Lipinski definition) is 2. The Morgan fingerprint density at radius 2 is 1.26 bits per heavy atom. The summed E-state index contributed by atoms with van der Waals surface area (Å²) >= 11 is 2.94. The fraction of sp³-hybridized carbons (Fsp3) is 0.393. The number of allylic oxidation sites excluding steroid dienone is 3. The van der Waals surface area contributed by atoms with E-state index in [9.17, 15) is 0 Å². The molecule has 2 aromatic rings. The number of nitrogens with zero attached hydrogens (tertiary/aromatic N) is 1. The lowest BCUT2D eigenvalue weighted by atomic mass is 10.2. The largest absolute Gasteiger partial charge is 0.494 e. The van der Waals surface area contributed by atoms with E-state index in [1.165, 1.54) is 16.7 Å². The molecule has 0 aliphatic rings. The maximum Gasteiger partial charge on any atom is 0.113 e. The van der Waals surface area contributed by atoms with Crippen LogP contribution >= 0.6 is 15.9 Å². The van der Waals surface area contributed by atoms with Gasteiger partial charge in [0.25, 0.3) is 0 Å². The zero-order valence-electron chi connectivity index (χ0n) is 21.0. The van der Waals surface area contributed by atoms with Gasteiger partial charge in [0.1, 0.15) is 6.61 Å². The Balaban J connectivity index is -0.000000390. The molecule has 2 nitrogen and oxygen atoms in total. The third-order valence-corrected chi connectivity index (χ3v) is 3.97. The smallest absolute Gasteiger partial charge is 0.113 e. The van der Waals surface area contributed by atoms with Crippen molar-refractivity contribution < 1.29 is 4.74 Å². The van der Waals surface area contributed by atoms with Gasteiger partial charge in [-0.25, -0.2) is 0 Å². The molecule has 3 heteroatoms. The summed E-state index contributed by atoms with van der Waals surface area (Å²) in [6.07, 6.45) is 2.17. The van der Waals surface area contributed by atoms with E-state index in [1.807, 2.05) is 82.1 Å². The predicted molar refractivity (Wildman–Crippen MR) is 147 cm³/mol. The molecule has 0 bridgehead atoms. The summed E-state index contributed by atoms with van der Waals surface area (Å²) in [4.78, 5) is 3.72. The molecule has 0 unspecified atom stereocenters. The number of hydrogen-bond donors (Lipinski definition) is 0. The van der Waals surface area contributed by atoms with Crippen LogP contribution in [0.1, 0.15) is 66.9 Å². The second kappa shape index (κ2) is 25.9. The number of aliphatic imine (C=N–C) groups is 1. The minimum atomic E-state index is 0.671. The molecule has 0 fully saturated rings. The van der Waals surface area contributed by atoms with Crippen molar-refractivity contribution in [2.75, 3.05) is 5.83 Å². The maximum absolute atomic E-state index is 5.66. The van der Waals surface area contributed by atoms with Gasteiger partial charge in [-0.05, 0) is 69.4 Å². The monoisotopic (exact) mass is 489 g/mol. The van der Waals surface area contributed by atoms with E-state index in [4.69, 9.17) is 4.74 Å². The molecule has 0 amide bonds. The van der Waals surface area contributed by atoms with Gasteiger partial charge in [0, 0.05) is 0 Å². The summed E-state index contributed by atoms with van der Waals surface area (Å²) in [6.45, 7) is 22.1. The predicted octanol–water partition coefficient (Wildman–Crippen LogP) is 9.94. The Labute approximate surface area is 201 Å². The van der Waals surface area contributed by atoms with Crippen molar-refractivity contribution >= 4 is 28.3 Å². The number of para-hydroxylation sites is 1. The summed E-state index contributed by atoms with van der Waals surface area (Å²) in [6, 6.07) is 19.9. The number of alkyl halides is 1. The van der Waals surface area contributed by atoms with Crippen LogP contribution in [0.3, 0.4) is 0 Å². The van der Waals surface area contributed by atoms with Gasteiger partial charge in [0.2, 0.25) is 0 Å². The summed E-state index contributed by atoms with van der Waals surface area (Å²) < 4.78 is 5.66. The molecule has 0 aliphatic heterocycles. The van der Waals surface area contributed by atoms with Crippen LogP contribution in [0.4, 0.5) is 5.69 Å². The van der Waals surface area contributed by atoms with Crippen molar-refractivity contribution in [1.29, 1.82) is 0 Å². The number of ether oxygens (including phenoxy) is 1. The Kier molecular flexibility index (Phi) is 28.0. The van der Waals surface area contributed by atoms with Crippen molar-refractivity contribution in [3.8, 4) is 0 Å². The summed E-state index contributed by atoms with van der Waals surface area (Å²) in [5, 5.41) is 0. The third kappa shape index (κ3) is 22.4. The first-order chi connectivity index (χ1) is 14.9. The minimum Gasteiger partial charge on any atom is -0.494 e. The highest BCUT2D eigenvalue weighted by molar-refractivity contribution is 9.08. The van der Waals surface area contributed by atoms with Gasteiger partial charge in [0.05, 0.1) is 11.4 Å². The van der Waals surface area contributed by atoms with Crippen molar-refractivity contribution in [3.63, 3.8) is 0 Å². The van der Waals surface area contributed by atoms with Gasteiger partial charge in [-0.2, -0.15) is 0 Å². The van der Waals surface area contributed by atoms with Crippen molar-refractivity contribution in [2.45, 2.75) is 67.9 Å². The van der Waals surface area contributed by atoms with Crippen LogP contribution in [0.5, 0.6) is 0 Å². The highest BCUT2D eigenvalue weighted by Crippen LogP contribution is 2.11.